The Balaban J connectivity index is 2.34. The summed E-state index contributed by atoms with van der Waals surface area (Å²) in [4.78, 5) is 4.35. The predicted octanol–water partition coefficient (Wildman–Crippen LogP) is 1.86. The summed E-state index contributed by atoms with van der Waals surface area (Å²) in [6.07, 6.45) is 6.23. The van der Waals surface area contributed by atoms with Gasteiger partial charge in [0.15, 0.2) is 5.65 Å². The van der Waals surface area contributed by atoms with Crippen molar-refractivity contribution in [3.63, 3.8) is 0 Å². The first-order valence-corrected chi connectivity index (χ1v) is 5.29. The zero-order valence-electron chi connectivity index (χ0n) is 9.44. The van der Waals surface area contributed by atoms with Gasteiger partial charge in [0.05, 0.1) is 6.04 Å². The zero-order valence-corrected chi connectivity index (χ0v) is 9.44. The number of pyridine rings is 1. The fourth-order valence-electron chi connectivity index (χ4n) is 1.51. The van der Waals surface area contributed by atoms with Crippen LogP contribution in [-0.2, 0) is 0 Å². The fourth-order valence-corrected chi connectivity index (χ4v) is 1.51. The molecule has 0 bridgehead atoms. The molecule has 0 saturated carbocycles. The molecule has 0 fully saturated rings. The van der Waals surface area contributed by atoms with Gasteiger partial charge in [-0.3, -0.25) is 0 Å². The van der Waals surface area contributed by atoms with Gasteiger partial charge in [-0.05, 0) is 25.5 Å². The minimum atomic E-state index is -0.0160. The Morgan fingerprint density at radius 3 is 3.00 bits per heavy atom. The van der Waals surface area contributed by atoms with E-state index >= 15 is 0 Å². The van der Waals surface area contributed by atoms with Gasteiger partial charge in [0.2, 0.25) is 5.95 Å². The summed E-state index contributed by atoms with van der Waals surface area (Å²) in [5.74, 6) is 3.24. The van der Waals surface area contributed by atoms with Crippen LogP contribution in [0.25, 0.3) is 5.65 Å². The minimum absolute atomic E-state index is 0.0160. The van der Waals surface area contributed by atoms with Crippen molar-refractivity contribution in [3.05, 3.63) is 23.9 Å². The van der Waals surface area contributed by atoms with Crippen LogP contribution in [-0.4, -0.2) is 20.6 Å². The topological polar surface area (TPSA) is 42.2 Å². The number of hydrogen-bond acceptors (Lipinski definition) is 3. The summed E-state index contributed by atoms with van der Waals surface area (Å²) in [5, 5.41) is 7.46. The predicted molar refractivity (Wildman–Crippen MR) is 64.3 cm³/mol. The number of terminal acetylenes is 1. The molecule has 1 atom stereocenters. The van der Waals surface area contributed by atoms with Crippen molar-refractivity contribution < 1.29 is 0 Å². The Bertz CT molecular complexity index is 535. The van der Waals surface area contributed by atoms with Crippen LogP contribution in [0, 0.1) is 19.3 Å². The third-order valence-electron chi connectivity index (χ3n) is 2.46. The molecule has 1 N–H and O–H groups in total. The SMILES string of the molecule is C#CC(CC)Nc1nc2cccc(C)n2n1. The van der Waals surface area contributed by atoms with Crippen molar-refractivity contribution in [2.24, 2.45) is 0 Å². The van der Waals surface area contributed by atoms with Crippen molar-refractivity contribution in [2.45, 2.75) is 26.3 Å². The Morgan fingerprint density at radius 2 is 2.38 bits per heavy atom. The molecule has 16 heavy (non-hydrogen) atoms. The molecule has 1 unspecified atom stereocenters. The maximum Gasteiger partial charge on any atom is 0.244 e. The van der Waals surface area contributed by atoms with Gasteiger partial charge in [-0.1, -0.05) is 18.9 Å². The van der Waals surface area contributed by atoms with Crippen molar-refractivity contribution in [2.75, 3.05) is 5.32 Å². The number of nitrogens with one attached hydrogen (secondary N) is 1. The van der Waals surface area contributed by atoms with E-state index in [0.29, 0.717) is 5.95 Å². The average Bonchev–Trinajstić information content (AvgIpc) is 2.70. The molecule has 2 heterocycles. The molecule has 4 nitrogen and oxygen atoms in total. The average molecular weight is 214 g/mol. The van der Waals surface area contributed by atoms with Crippen LogP contribution in [0.3, 0.4) is 0 Å². The molecule has 0 radical (unpaired) electrons. The van der Waals surface area contributed by atoms with Crippen LogP contribution in [0.5, 0.6) is 0 Å². The first kappa shape index (κ1) is 10.5. The van der Waals surface area contributed by atoms with Gasteiger partial charge in [0.1, 0.15) is 0 Å². The van der Waals surface area contributed by atoms with Gasteiger partial charge in [-0.15, -0.1) is 11.5 Å². The van der Waals surface area contributed by atoms with Crippen LogP contribution in [0.15, 0.2) is 18.2 Å². The third kappa shape index (κ3) is 1.84. The van der Waals surface area contributed by atoms with Crippen LogP contribution in [0.4, 0.5) is 5.95 Å². The Morgan fingerprint density at radius 1 is 1.56 bits per heavy atom. The lowest BCUT2D eigenvalue weighted by atomic mass is 10.2. The van der Waals surface area contributed by atoms with E-state index in [1.807, 2.05) is 32.0 Å². The molecule has 2 aromatic heterocycles. The maximum absolute atomic E-state index is 5.38. The number of hydrogen-bond donors (Lipinski definition) is 1. The zero-order chi connectivity index (χ0) is 11.5. The number of aromatic nitrogens is 3. The summed E-state index contributed by atoms with van der Waals surface area (Å²) in [6.45, 7) is 4.02. The first-order chi connectivity index (χ1) is 7.74. The molecule has 4 heteroatoms. The van der Waals surface area contributed by atoms with Gasteiger partial charge in [-0.2, -0.15) is 4.98 Å². The smallest absolute Gasteiger partial charge is 0.244 e. The van der Waals surface area contributed by atoms with Gasteiger partial charge >= 0.3 is 0 Å². The molecule has 0 spiro atoms. The number of nitrogens with zero attached hydrogens (tertiary/aromatic N) is 3. The van der Waals surface area contributed by atoms with E-state index in [0.717, 1.165) is 17.8 Å². The second-order valence-electron chi connectivity index (χ2n) is 3.64. The second kappa shape index (κ2) is 4.23. The molecule has 0 aromatic carbocycles. The maximum atomic E-state index is 5.38. The molecule has 2 aromatic rings. The Hall–Kier alpha value is -2.02. The van der Waals surface area contributed by atoms with Crippen LogP contribution >= 0.6 is 0 Å². The highest BCUT2D eigenvalue weighted by molar-refractivity contribution is 5.45. The fraction of sp³-hybridized carbons (Fsp3) is 0.333. The summed E-state index contributed by atoms with van der Waals surface area (Å²) in [7, 11) is 0. The van der Waals surface area contributed by atoms with E-state index in [4.69, 9.17) is 6.42 Å². The highest BCUT2D eigenvalue weighted by atomic mass is 15.4. The summed E-state index contributed by atoms with van der Waals surface area (Å²) >= 11 is 0. The van der Waals surface area contributed by atoms with Gasteiger partial charge in [0.25, 0.3) is 0 Å². The van der Waals surface area contributed by atoms with E-state index in [1.165, 1.54) is 0 Å². The lowest BCUT2D eigenvalue weighted by Crippen LogP contribution is -2.16. The molecular formula is C12H14N4. The van der Waals surface area contributed by atoms with Crippen LogP contribution in [0.1, 0.15) is 19.0 Å². The van der Waals surface area contributed by atoms with E-state index in [1.54, 1.807) is 4.52 Å². The van der Waals surface area contributed by atoms with E-state index in [2.05, 4.69) is 21.3 Å². The molecule has 0 saturated heterocycles. The quantitative estimate of drug-likeness (QED) is 0.793. The molecular weight excluding hydrogens is 200 g/mol. The Kier molecular flexibility index (Phi) is 2.78. The van der Waals surface area contributed by atoms with Crippen molar-refractivity contribution >= 4 is 11.6 Å². The molecule has 0 aliphatic rings. The van der Waals surface area contributed by atoms with Crippen molar-refractivity contribution in [1.29, 1.82) is 0 Å². The van der Waals surface area contributed by atoms with E-state index in [9.17, 15) is 0 Å². The van der Waals surface area contributed by atoms with Gasteiger partial charge in [-0.25, -0.2) is 4.52 Å². The first-order valence-electron chi connectivity index (χ1n) is 5.29. The lowest BCUT2D eigenvalue weighted by Gasteiger charge is -2.06. The molecule has 82 valence electrons. The van der Waals surface area contributed by atoms with Gasteiger partial charge in [0, 0.05) is 5.69 Å². The standard InChI is InChI=1S/C12H14N4/c1-4-10(5-2)13-12-14-11-8-6-7-9(3)16(11)15-12/h1,6-8,10H,5H2,2-3H3,(H,13,15). The highest BCUT2D eigenvalue weighted by Gasteiger charge is 2.07. The molecule has 0 aliphatic carbocycles. The summed E-state index contributed by atoms with van der Waals surface area (Å²) in [5.41, 5.74) is 1.88. The largest absolute Gasteiger partial charge is 0.339 e. The monoisotopic (exact) mass is 214 g/mol. The van der Waals surface area contributed by atoms with Crippen molar-refractivity contribution in [1.82, 2.24) is 14.6 Å². The highest BCUT2D eigenvalue weighted by Crippen LogP contribution is 2.09. The number of aryl methyl sites for hydroxylation is 1. The molecule has 2 rings (SSSR count). The van der Waals surface area contributed by atoms with Crippen LogP contribution in [0.2, 0.25) is 0 Å². The van der Waals surface area contributed by atoms with Gasteiger partial charge < -0.3 is 5.32 Å². The lowest BCUT2D eigenvalue weighted by molar-refractivity contribution is 0.832. The number of fused-ring (bicyclic) bond motifs is 1. The third-order valence-corrected chi connectivity index (χ3v) is 2.46. The van der Waals surface area contributed by atoms with Crippen LogP contribution < -0.4 is 5.32 Å². The molecule has 0 aliphatic heterocycles. The summed E-state index contributed by atoms with van der Waals surface area (Å²) < 4.78 is 1.80. The normalized spacial score (nSPS) is 12.3. The summed E-state index contributed by atoms with van der Waals surface area (Å²) in [6, 6.07) is 5.85. The number of rotatable bonds is 3. The van der Waals surface area contributed by atoms with E-state index in [-0.39, 0.29) is 6.04 Å². The molecule has 0 amide bonds. The number of anilines is 1. The van der Waals surface area contributed by atoms with E-state index < -0.39 is 0 Å². The second-order valence-corrected chi connectivity index (χ2v) is 3.64. The minimum Gasteiger partial charge on any atom is -0.339 e. The van der Waals surface area contributed by atoms with Crippen molar-refractivity contribution in [3.8, 4) is 12.3 Å². The Labute approximate surface area is 94.7 Å².